The van der Waals surface area contributed by atoms with Crippen molar-refractivity contribution in [2.75, 3.05) is 0 Å². The Labute approximate surface area is 152 Å². The van der Waals surface area contributed by atoms with Crippen molar-refractivity contribution >= 4 is 11.9 Å². The predicted octanol–water partition coefficient (Wildman–Crippen LogP) is 4.84. The molecule has 0 aromatic heterocycles. The van der Waals surface area contributed by atoms with Gasteiger partial charge in [-0.25, -0.2) is 4.89 Å². The summed E-state index contributed by atoms with van der Waals surface area (Å²) in [4.78, 5) is 29.0. The number of hydrogen-bond acceptors (Lipinski definition) is 5. The molecule has 1 fully saturated rings. The molecule has 4 unspecified atom stereocenters. The largest absolute Gasteiger partial charge is 0.393 e. The van der Waals surface area contributed by atoms with Crippen molar-refractivity contribution in [2.45, 2.75) is 86.2 Å². The fourth-order valence-electron chi connectivity index (χ4n) is 3.95. The molecule has 1 saturated heterocycles. The Hall–Kier alpha value is -0.940. The lowest BCUT2D eigenvalue weighted by Crippen LogP contribution is -2.37. The predicted molar refractivity (Wildman–Crippen MR) is 96.7 cm³/mol. The zero-order chi connectivity index (χ0) is 19.2. The molecule has 0 saturated carbocycles. The number of carbonyl (C=O) groups excluding carboxylic acids is 2. The standard InChI is InChI=1S/C20H36O5/c1-7-14(8-2)12-16-15(18(21)24-19(16)22)11-10-13(4)17(25-23)20(5,6)9-3/h13-17,23H,7-12H2,1-6H3. The minimum Gasteiger partial charge on any atom is -0.393 e. The molecule has 0 amide bonds. The number of rotatable bonds is 11. The summed E-state index contributed by atoms with van der Waals surface area (Å²) >= 11 is 0. The van der Waals surface area contributed by atoms with E-state index in [9.17, 15) is 14.8 Å². The summed E-state index contributed by atoms with van der Waals surface area (Å²) in [5.74, 6) is -0.909. The second-order valence-electron chi connectivity index (χ2n) is 8.29. The van der Waals surface area contributed by atoms with E-state index in [2.05, 4.69) is 34.6 Å². The number of carbonyl (C=O) groups is 2. The first kappa shape index (κ1) is 22.1. The molecular weight excluding hydrogens is 320 g/mol. The Kier molecular flexibility index (Phi) is 8.55. The first-order valence-corrected chi connectivity index (χ1v) is 9.77. The third-order valence-electron chi connectivity index (χ3n) is 6.28. The van der Waals surface area contributed by atoms with Gasteiger partial charge in [0.15, 0.2) is 0 Å². The molecule has 4 atom stereocenters. The van der Waals surface area contributed by atoms with E-state index in [1.54, 1.807) is 0 Å². The molecule has 1 N–H and O–H groups in total. The molecule has 0 aromatic carbocycles. The van der Waals surface area contributed by atoms with Gasteiger partial charge in [0.05, 0.1) is 11.8 Å². The van der Waals surface area contributed by atoms with Crippen LogP contribution in [0.2, 0.25) is 0 Å². The lowest BCUT2D eigenvalue weighted by molar-refractivity contribution is -0.313. The van der Waals surface area contributed by atoms with E-state index in [-0.39, 0.29) is 41.2 Å². The van der Waals surface area contributed by atoms with Crippen LogP contribution in [-0.4, -0.2) is 23.3 Å². The summed E-state index contributed by atoms with van der Waals surface area (Å²) in [6, 6.07) is 0. The second-order valence-corrected chi connectivity index (χ2v) is 8.29. The van der Waals surface area contributed by atoms with E-state index < -0.39 is 0 Å². The molecule has 25 heavy (non-hydrogen) atoms. The van der Waals surface area contributed by atoms with Crippen molar-refractivity contribution in [3.05, 3.63) is 0 Å². The van der Waals surface area contributed by atoms with Gasteiger partial charge >= 0.3 is 11.9 Å². The molecule has 0 aliphatic carbocycles. The van der Waals surface area contributed by atoms with Gasteiger partial charge in [0.1, 0.15) is 6.10 Å². The van der Waals surface area contributed by atoms with E-state index >= 15 is 0 Å². The molecule has 146 valence electrons. The third kappa shape index (κ3) is 5.52. The highest BCUT2D eigenvalue weighted by atomic mass is 17.1. The van der Waals surface area contributed by atoms with Crippen LogP contribution in [0.3, 0.4) is 0 Å². The SMILES string of the molecule is CCC(CC)CC1C(=O)OC(=O)C1CCC(C)C(OO)C(C)(C)CC. The number of cyclic esters (lactones) is 2. The van der Waals surface area contributed by atoms with Crippen LogP contribution < -0.4 is 0 Å². The maximum Gasteiger partial charge on any atom is 0.317 e. The van der Waals surface area contributed by atoms with Gasteiger partial charge in [0.25, 0.3) is 0 Å². The van der Waals surface area contributed by atoms with Crippen LogP contribution in [0.4, 0.5) is 0 Å². The number of esters is 2. The summed E-state index contributed by atoms with van der Waals surface area (Å²) in [5, 5.41) is 9.34. The Morgan fingerprint density at radius 1 is 1.12 bits per heavy atom. The molecule has 5 heteroatoms. The number of ether oxygens (including phenoxy) is 1. The van der Waals surface area contributed by atoms with Crippen molar-refractivity contribution in [1.82, 2.24) is 0 Å². The van der Waals surface area contributed by atoms with Crippen molar-refractivity contribution < 1.29 is 24.5 Å². The van der Waals surface area contributed by atoms with Gasteiger partial charge in [-0.3, -0.25) is 14.8 Å². The minimum absolute atomic E-state index is 0.0808. The zero-order valence-corrected chi connectivity index (χ0v) is 16.7. The van der Waals surface area contributed by atoms with Crippen LogP contribution in [0, 0.1) is 29.1 Å². The van der Waals surface area contributed by atoms with Crippen LogP contribution in [0.5, 0.6) is 0 Å². The van der Waals surface area contributed by atoms with E-state index in [1.165, 1.54) is 0 Å². The maximum atomic E-state index is 12.1. The molecular formula is C20H36O5. The third-order valence-corrected chi connectivity index (χ3v) is 6.28. The van der Waals surface area contributed by atoms with Gasteiger partial charge < -0.3 is 4.74 Å². The van der Waals surface area contributed by atoms with Crippen molar-refractivity contribution in [3.8, 4) is 0 Å². The highest BCUT2D eigenvalue weighted by Crippen LogP contribution is 2.38. The lowest BCUT2D eigenvalue weighted by Gasteiger charge is -2.35. The number of hydrogen-bond donors (Lipinski definition) is 1. The van der Waals surface area contributed by atoms with E-state index in [4.69, 9.17) is 9.62 Å². The molecule has 1 heterocycles. The fourth-order valence-corrected chi connectivity index (χ4v) is 3.95. The van der Waals surface area contributed by atoms with Gasteiger partial charge in [-0.15, -0.1) is 0 Å². The van der Waals surface area contributed by atoms with E-state index in [0.717, 1.165) is 25.7 Å². The average Bonchev–Trinajstić information content (AvgIpc) is 2.83. The zero-order valence-electron chi connectivity index (χ0n) is 16.7. The van der Waals surface area contributed by atoms with Crippen LogP contribution in [0.1, 0.15) is 80.1 Å². The van der Waals surface area contributed by atoms with Crippen molar-refractivity contribution in [2.24, 2.45) is 29.1 Å². The van der Waals surface area contributed by atoms with E-state index in [0.29, 0.717) is 18.8 Å². The minimum atomic E-state index is -0.385. The molecule has 1 aliphatic rings. The molecule has 1 rings (SSSR count). The van der Waals surface area contributed by atoms with Crippen molar-refractivity contribution in [3.63, 3.8) is 0 Å². The van der Waals surface area contributed by atoms with Gasteiger partial charge in [-0.2, -0.15) is 0 Å². The Morgan fingerprint density at radius 2 is 1.68 bits per heavy atom. The van der Waals surface area contributed by atoms with Crippen LogP contribution in [0.25, 0.3) is 0 Å². The first-order valence-electron chi connectivity index (χ1n) is 9.77. The smallest absolute Gasteiger partial charge is 0.317 e. The Balaban J connectivity index is 2.74. The molecule has 0 bridgehead atoms. The Bertz CT molecular complexity index is 441. The van der Waals surface area contributed by atoms with Gasteiger partial charge in [-0.1, -0.05) is 54.4 Å². The van der Waals surface area contributed by atoms with Crippen molar-refractivity contribution in [1.29, 1.82) is 0 Å². The van der Waals surface area contributed by atoms with Crippen LogP contribution in [0.15, 0.2) is 0 Å². The summed E-state index contributed by atoms with van der Waals surface area (Å²) in [7, 11) is 0. The van der Waals surface area contributed by atoms with Crippen LogP contribution in [-0.2, 0) is 19.2 Å². The average molecular weight is 357 g/mol. The maximum absolute atomic E-state index is 12.1. The molecule has 0 radical (unpaired) electrons. The lowest BCUT2D eigenvalue weighted by atomic mass is 9.75. The quantitative estimate of drug-likeness (QED) is 0.248. The van der Waals surface area contributed by atoms with Gasteiger partial charge in [-0.05, 0) is 42.9 Å². The monoisotopic (exact) mass is 356 g/mol. The molecule has 5 nitrogen and oxygen atoms in total. The topological polar surface area (TPSA) is 72.8 Å². The highest BCUT2D eigenvalue weighted by molar-refractivity contribution is 5.96. The summed E-state index contributed by atoms with van der Waals surface area (Å²) in [6.45, 7) is 12.4. The summed E-state index contributed by atoms with van der Waals surface area (Å²) in [6.07, 6.45) is 4.60. The summed E-state index contributed by atoms with van der Waals surface area (Å²) in [5.41, 5.74) is -0.158. The molecule has 0 aromatic rings. The van der Waals surface area contributed by atoms with E-state index in [1.807, 2.05) is 6.92 Å². The van der Waals surface area contributed by atoms with Crippen LogP contribution >= 0.6 is 0 Å². The molecule has 1 aliphatic heterocycles. The first-order chi connectivity index (χ1) is 11.7. The van der Waals surface area contributed by atoms with Gasteiger partial charge in [0.2, 0.25) is 0 Å². The highest BCUT2D eigenvalue weighted by Gasteiger charge is 2.45. The second kappa shape index (κ2) is 9.67. The fraction of sp³-hybridized carbons (Fsp3) is 0.900. The summed E-state index contributed by atoms with van der Waals surface area (Å²) < 4.78 is 4.93. The molecule has 0 spiro atoms. The van der Waals surface area contributed by atoms with Gasteiger partial charge in [0, 0.05) is 0 Å². The Morgan fingerprint density at radius 3 is 2.16 bits per heavy atom. The normalized spacial score (nSPS) is 23.8.